The lowest BCUT2D eigenvalue weighted by Crippen LogP contribution is -2.50. The zero-order valence-electron chi connectivity index (χ0n) is 22.3. The minimum Gasteiger partial charge on any atom is -0.497 e. The highest BCUT2D eigenvalue weighted by atomic mass is 32.2. The molecular formula is C28H40N2O6S. The molecule has 0 saturated carbocycles. The Morgan fingerprint density at radius 3 is 2.43 bits per heavy atom. The molecule has 1 fully saturated rings. The maximum atomic E-state index is 13.7. The van der Waals surface area contributed by atoms with E-state index >= 15 is 0 Å². The second-order valence-corrected chi connectivity index (χ2v) is 12.3. The molecule has 2 aliphatic rings. The molecule has 2 heterocycles. The fourth-order valence-electron chi connectivity index (χ4n) is 5.16. The second-order valence-electron chi connectivity index (χ2n) is 10.4. The first-order valence-electron chi connectivity index (χ1n) is 13.1. The molecule has 0 spiro atoms. The van der Waals surface area contributed by atoms with Gasteiger partial charge in [-0.25, -0.2) is 8.42 Å². The molecule has 3 atom stereocenters. The number of aliphatic hydroxyl groups excluding tert-OH is 1. The Morgan fingerprint density at radius 2 is 1.78 bits per heavy atom. The Labute approximate surface area is 221 Å². The average Bonchev–Trinajstić information content (AvgIpc) is 2.90. The van der Waals surface area contributed by atoms with Crippen LogP contribution in [0.1, 0.15) is 26.7 Å². The van der Waals surface area contributed by atoms with Crippen molar-refractivity contribution in [2.45, 2.75) is 43.7 Å². The Kier molecular flexibility index (Phi) is 9.13. The highest BCUT2D eigenvalue weighted by Gasteiger charge is 2.38. The molecule has 4 rings (SSSR count). The van der Waals surface area contributed by atoms with E-state index in [9.17, 15) is 13.5 Å². The topological polar surface area (TPSA) is 88.5 Å². The van der Waals surface area contributed by atoms with E-state index in [1.165, 1.54) is 4.31 Å². The van der Waals surface area contributed by atoms with Gasteiger partial charge in [0.2, 0.25) is 10.0 Å². The summed E-state index contributed by atoms with van der Waals surface area (Å²) in [5.74, 6) is 1.60. The van der Waals surface area contributed by atoms with Crippen LogP contribution in [0.5, 0.6) is 11.5 Å². The van der Waals surface area contributed by atoms with Gasteiger partial charge in [-0.3, -0.25) is 0 Å². The molecule has 1 N–H and O–H groups in total. The number of likely N-dealkylation sites (N-methyl/N-ethyl adjacent to an activating group) is 1. The van der Waals surface area contributed by atoms with E-state index in [4.69, 9.17) is 14.2 Å². The lowest BCUT2D eigenvalue weighted by Gasteiger charge is -2.38. The van der Waals surface area contributed by atoms with Crippen molar-refractivity contribution < 1.29 is 27.7 Å². The van der Waals surface area contributed by atoms with Crippen molar-refractivity contribution >= 4 is 10.0 Å². The van der Waals surface area contributed by atoms with E-state index in [1.807, 2.05) is 37.3 Å². The first-order chi connectivity index (χ1) is 17.7. The van der Waals surface area contributed by atoms with Gasteiger partial charge in [0, 0.05) is 44.8 Å². The van der Waals surface area contributed by atoms with Crippen LogP contribution in [0.25, 0.3) is 11.1 Å². The van der Waals surface area contributed by atoms with E-state index in [2.05, 4.69) is 11.9 Å². The van der Waals surface area contributed by atoms with Gasteiger partial charge in [0.25, 0.3) is 0 Å². The van der Waals surface area contributed by atoms with E-state index in [-0.39, 0.29) is 30.1 Å². The maximum absolute atomic E-state index is 13.7. The monoisotopic (exact) mass is 532 g/mol. The van der Waals surface area contributed by atoms with Crippen LogP contribution in [-0.4, -0.2) is 88.5 Å². The number of sulfonamides is 1. The number of hydrogen-bond donors (Lipinski definition) is 1. The van der Waals surface area contributed by atoms with Gasteiger partial charge in [-0.15, -0.1) is 0 Å². The fraction of sp³-hybridized carbons (Fsp3) is 0.571. The molecule has 0 radical (unpaired) electrons. The molecule has 1 saturated heterocycles. The summed E-state index contributed by atoms with van der Waals surface area (Å²) in [6.45, 7) is 7.03. The van der Waals surface area contributed by atoms with Gasteiger partial charge in [-0.1, -0.05) is 25.1 Å². The molecule has 2 aromatic rings. The van der Waals surface area contributed by atoms with E-state index in [1.54, 1.807) is 26.2 Å². The lowest BCUT2D eigenvalue weighted by molar-refractivity contribution is 0.0402. The summed E-state index contributed by atoms with van der Waals surface area (Å²) < 4.78 is 46.2. The van der Waals surface area contributed by atoms with Crippen molar-refractivity contribution in [2.75, 3.05) is 53.6 Å². The standard InChI is InChI=1S/C28H40N2O6S/c1-20-16-30(21(2)19-31)37(32,33)28-10-7-24(23-5-8-25(34-4)9-6-23)15-26(28)36-27(20)18-29(3)17-22-11-13-35-14-12-22/h5-10,15,20-22,27,31H,11-14,16-19H2,1-4H3/t20-,21+,27-/m0/s1. The first-order valence-corrected chi connectivity index (χ1v) is 14.5. The van der Waals surface area contributed by atoms with Crippen LogP contribution in [0, 0.1) is 11.8 Å². The third kappa shape index (κ3) is 6.46. The summed E-state index contributed by atoms with van der Waals surface area (Å²) in [7, 11) is -0.146. The van der Waals surface area contributed by atoms with Crippen LogP contribution in [0.15, 0.2) is 47.4 Å². The van der Waals surface area contributed by atoms with Crippen LogP contribution in [0.4, 0.5) is 0 Å². The zero-order chi connectivity index (χ0) is 26.6. The van der Waals surface area contributed by atoms with Crippen molar-refractivity contribution in [3.8, 4) is 22.6 Å². The number of ether oxygens (including phenoxy) is 3. The molecule has 0 aromatic heterocycles. The van der Waals surface area contributed by atoms with Crippen molar-refractivity contribution in [3.63, 3.8) is 0 Å². The molecule has 37 heavy (non-hydrogen) atoms. The predicted octanol–water partition coefficient (Wildman–Crippen LogP) is 3.49. The summed E-state index contributed by atoms with van der Waals surface area (Å²) in [5.41, 5.74) is 1.80. The summed E-state index contributed by atoms with van der Waals surface area (Å²) in [6.07, 6.45) is 1.89. The Morgan fingerprint density at radius 1 is 1.11 bits per heavy atom. The van der Waals surface area contributed by atoms with Crippen molar-refractivity contribution in [1.29, 1.82) is 0 Å². The molecule has 0 unspecified atom stereocenters. The van der Waals surface area contributed by atoms with Gasteiger partial charge < -0.3 is 24.2 Å². The third-order valence-electron chi connectivity index (χ3n) is 7.49. The van der Waals surface area contributed by atoms with Gasteiger partial charge in [-0.05, 0) is 68.1 Å². The number of aliphatic hydroxyl groups is 1. The normalized spacial score (nSPS) is 23.5. The third-order valence-corrected chi connectivity index (χ3v) is 9.51. The van der Waals surface area contributed by atoms with Crippen molar-refractivity contribution in [2.24, 2.45) is 11.8 Å². The van der Waals surface area contributed by atoms with Crippen LogP contribution in [-0.2, 0) is 14.8 Å². The molecule has 8 nitrogen and oxygen atoms in total. The summed E-state index contributed by atoms with van der Waals surface area (Å²) in [4.78, 5) is 2.43. The largest absolute Gasteiger partial charge is 0.497 e. The summed E-state index contributed by atoms with van der Waals surface area (Å²) in [6, 6.07) is 12.4. The van der Waals surface area contributed by atoms with Gasteiger partial charge >= 0.3 is 0 Å². The van der Waals surface area contributed by atoms with E-state index < -0.39 is 16.1 Å². The van der Waals surface area contributed by atoms with Crippen molar-refractivity contribution in [1.82, 2.24) is 9.21 Å². The molecule has 0 aliphatic carbocycles. The highest BCUT2D eigenvalue weighted by Crippen LogP contribution is 2.37. The fourth-order valence-corrected chi connectivity index (χ4v) is 6.98. The second kappa shape index (κ2) is 12.1. The Hall–Kier alpha value is -2.17. The lowest BCUT2D eigenvalue weighted by atomic mass is 9.98. The molecule has 204 valence electrons. The first kappa shape index (κ1) is 27.9. The minimum atomic E-state index is -3.87. The summed E-state index contributed by atoms with van der Waals surface area (Å²) in [5, 5.41) is 9.88. The number of methoxy groups -OCH3 is 1. The van der Waals surface area contributed by atoms with Gasteiger partial charge in [0.15, 0.2) is 0 Å². The Balaban J connectivity index is 1.68. The SMILES string of the molecule is COc1ccc(-c2ccc3c(c2)O[C@@H](CN(C)CC2CCOCC2)[C@@H](C)CN([C@H](C)CO)S3(=O)=O)cc1. The summed E-state index contributed by atoms with van der Waals surface area (Å²) >= 11 is 0. The van der Waals surface area contributed by atoms with Gasteiger partial charge in [0.1, 0.15) is 22.5 Å². The molecule has 2 aromatic carbocycles. The van der Waals surface area contributed by atoms with E-state index in [0.29, 0.717) is 18.2 Å². The zero-order valence-corrected chi connectivity index (χ0v) is 23.1. The Bertz CT molecular complexity index is 1130. The molecule has 0 amide bonds. The maximum Gasteiger partial charge on any atom is 0.247 e. The average molecular weight is 533 g/mol. The van der Waals surface area contributed by atoms with Crippen molar-refractivity contribution in [3.05, 3.63) is 42.5 Å². The molecule has 9 heteroatoms. The number of nitrogens with zero attached hydrogens (tertiary/aromatic N) is 2. The smallest absolute Gasteiger partial charge is 0.247 e. The van der Waals surface area contributed by atoms with Crippen LogP contribution in [0.3, 0.4) is 0 Å². The number of benzene rings is 2. The molecule has 0 bridgehead atoms. The minimum absolute atomic E-state index is 0.0845. The quantitative estimate of drug-likeness (QED) is 0.557. The number of fused-ring (bicyclic) bond motifs is 1. The van der Waals surface area contributed by atoms with Crippen LogP contribution < -0.4 is 9.47 Å². The van der Waals surface area contributed by atoms with Crippen LogP contribution >= 0.6 is 0 Å². The van der Waals surface area contributed by atoms with E-state index in [0.717, 1.165) is 49.5 Å². The number of rotatable bonds is 8. The van der Waals surface area contributed by atoms with Crippen LogP contribution in [0.2, 0.25) is 0 Å². The molecule has 2 aliphatic heterocycles. The molecular weight excluding hydrogens is 492 g/mol. The number of hydrogen-bond acceptors (Lipinski definition) is 7. The van der Waals surface area contributed by atoms with Gasteiger partial charge in [0.05, 0.1) is 13.7 Å². The highest BCUT2D eigenvalue weighted by molar-refractivity contribution is 7.89. The predicted molar refractivity (Wildman–Crippen MR) is 143 cm³/mol. The van der Waals surface area contributed by atoms with Gasteiger partial charge in [-0.2, -0.15) is 4.31 Å².